The number of carbonyl (C=O) groups excluding carboxylic acids is 1. The second-order valence-corrected chi connectivity index (χ2v) is 9.88. The van der Waals surface area contributed by atoms with Crippen LogP contribution in [-0.4, -0.2) is 37.9 Å². The lowest BCUT2D eigenvalue weighted by atomic mass is 9.97. The summed E-state index contributed by atoms with van der Waals surface area (Å²) >= 11 is 1.45. The van der Waals surface area contributed by atoms with Crippen LogP contribution in [0.5, 0.6) is 5.75 Å². The molecule has 1 aliphatic rings. The van der Waals surface area contributed by atoms with Gasteiger partial charge in [-0.2, -0.15) is 16.4 Å². The van der Waals surface area contributed by atoms with Crippen LogP contribution in [0.15, 0.2) is 70.5 Å². The number of hydrazone groups is 1. The average Bonchev–Trinajstić information content (AvgIpc) is 3.43. The number of carbonyl (C=O) groups is 1. The largest absolute Gasteiger partial charge is 0.494 e. The molecule has 1 atom stereocenters. The molecule has 1 aromatic heterocycles. The number of nitrogens with one attached hydrogen (secondary N) is 1. The van der Waals surface area contributed by atoms with Crippen molar-refractivity contribution in [3.05, 3.63) is 82.0 Å². The lowest BCUT2D eigenvalue weighted by Gasteiger charge is -2.23. The Morgan fingerprint density at radius 1 is 1.22 bits per heavy atom. The van der Waals surface area contributed by atoms with E-state index in [-0.39, 0.29) is 11.9 Å². The highest BCUT2D eigenvalue weighted by atomic mass is 32.2. The summed E-state index contributed by atoms with van der Waals surface area (Å²) in [5.41, 5.74) is 3.34. The summed E-state index contributed by atoms with van der Waals surface area (Å²) in [5, 5.41) is 9.85. The molecule has 9 heteroatoms. The Balaban J connectivity index is 1.74. The van der Waals surface area contributed by atoms with Crippen molar-refractivity contribution < 1.29 is 17.9 Å². The van der Waals surface area contributed by atoms with Gasteiger partial charge in [0.1, 0.15) is 5.75 Å². The summed E-state index contributed by atoms with van der Waals surface area (Å²) in [6.07, 6.45) is 1.58. The van der Waals surface area contributed by atoms with E-state index in [0.717, 1.165) is 17.4 Å². The molecule has 166 valence electrons. The predicted molar refractivity (Wildman–Crippen MR) is 127 cm³/mol. The summed E-state index contributed by atoms with van der Waals surface area (Å²) in [4.78, 5) is 13.3. The van der Waals surface area contributed by atoms with Gasteiger partial charge in [-0.1, -0.05) is 30.3 Å². The summed E-state index contributed by atoms with van der Waals surface area (Å²) in [5.74, 6) is 0.523. The van der Waals surface area contributed by atoms with Crippen LogP contribution in [0.2, 0.25) is 0 Å². The molecule has 1 aliphatic heterocycles. The van der Waals surface area contributed by atoms with Crippen molar-refractivity contribution in [3.63, 3.8) is 0 Å². The Kier molecular flexibility index (Phi) is 6.29. The zero-order valence-corrected chi connectivity index (χ0v) is 19.3. The van der Waals surface area contributed by atoms with E-state index in [1.807, 2.05) is 42.6 Å². The van der Waals surface area contributed by atoms with Crippen LogP contribution in [0.1, 0.15) is 40.9 Å². The molecule has 2 aromatic carbocycles. The fourth-order valence-electron chi connectivity index (χ4n) is 3.65. The highest BCUT2D eigenvalue weighted by molar-refractivity contribution is 7.92. The second-order valence-electron chi connectivity index (χ2n) is 7.35. The molecule has 3 aromatic rings. The van der Waals surface area contributed by atoms with Crippen LogP contribution in [-0.2, 0) is 10.0 Å². The first kappa shape index (κ1) is 22.0. The van der Waals surface area contributed by atoms with Gasteiger partial charge in [0.2, 0.25) is 10.0 Å². The van der Waals surface area contributed by atoms with Gasteiger partial charge in [-0.25, -0.2) is 13.4 Å². The van der Waals surface area contributed by atoms with Gasteiger partial charge < -0.3 is 4.74 Å². The lowest BCUT2D eigenvalue weighted by Crippen LogP contribution is -2.27. The average molecular weight is 470 g/mol. The molecule has 2 heterocycles. The minimum absolute atomic E-state index is 0.192. The van der Waals surface area contributed by atoms with Crippen LogP contribution in [0.3, 0.4) is 0 Å². The third-order valence-corrected chi connectivity index (χ3v) is 6.25. The zero-order chi connectivity index (χ0) is 22.7. The van der Waals surface area contributed by atoms with Crippen molar-refractivity contribution in [2.75, 3.05) is 17.6 Å². The number of ether oxygens (including phenoxy) is 1. The van der Waals surface area contributed by atoms with Gasteiger partial charge in [0.25, 0.3) is 5.91 Å². The molecule has 0 saturated carbocycles. The quantitative estimate of drug-likeness (QED) is 0.551. The molecule has 0 radical (unpaired) electrons. The van der Waals surface area contributed by atoms with E-state index in [2.05, 4.69) is 9.82 Å². The number of hydrogen-bond donors (Lipinski definition) is 1. The van der Waals surface area contributed by atoms with Crippen molar-refractivity contribution in [3.8, 4) is 5.75 Å². The van der Waals surface area contributed by atoms with Crippen LogP contribution in [0.4, 0.5) is 5.69 Å². The van der Waals surface area contributed by atoms with Crippen molar-refractivity contribution in [2.45, 2.75) is 19.4 Å². The molecule has 7 nitrogen and oxygen atoms in total. The van der Waals surface area contributed by atoms with Crippen LogP contribution in [0, 0.1) is 0 Å². The third kappa shape index (κ3) is 4.84. The summed E-state index contributed by atoms with van der Waals surface area (Å²) in [6, 6.07) is 16.1. The van der Waals surface area contributed by atoms with Gasteiger partial charge in [0.15, 0.2) is 0 Å². The van der Waals surface area contributed by atoms with E-state index in [9.17, 15) is 13.2 Å². The van der Waals surface area contributed by atoms with Crippen LogP contribution < -0.4 is 9.46 Å². The molecule has 4 rings (SSSR count). The summed E-state index contributed by atoms with van der Waals surface area (Å²) in [7, 11) is -3.41. The molecule has 0 bridgehead atoms. The van der Waals surface area contributed by atoms with Gasteiger partial charge in [0, 0.05) is 23.1 Å². The normalized spacial score (nSPS) is 16.0. The van der Waals surface area contributed by atoms with E-state index in [0.29, 0.717) is 35.7 Å². The fraction of sp³-hybridized carbons (Fsp3) is 0.217. The standard InChI is InChI=1S/C23H23N3O4S2/c1-3-30-22-10-5-4-9-19(22)21-14-20(24-26(21)23(27)17-11-12-31-15-17)16-7-6-8-18(13-16)25-32(2,28)29/h4-13,15,21,25H,3,14H2,1-2H3. The fourth-order valence-corrected chi connectivity index (χ4v) is 4.84. The van der Waals surface area contributed by atoms with E-state index >= 15 is 0 Å². The summed E-state index contributed by atoms with van der Waals surface area (Å²) < 4.78 is 31.6. The molecule has 1 unspecified atom stereocenters. The van der Waals surface area contributed by atoms with E-state index in [1.165, 1.54) is 16.3 Å². The topological polar surface area (TPSA) is 88.1 Å². The number of sulfonamides is 1. The molecule has 1 N–H and O–H groups in total. The molecular weight excluding hydrogens is 446 g/mol. The molecule has 0 saturated heterocycles. The van der Waals surface area contributed by atoms with E-state index in [1.54, 1.807) is 29.6 Å². The Morgan fingerprint density at radius 2 is 2.03 bits per heavy atom. The summed E-state index contributed by atoms with van der Waals surface area (Å²) in [6.45, 7) is 2.43. The van der Waals surface area contributed by atoms with Gasteiger partial charge in [0.05, 0.1) is 30.2 Å². The first-order valence-corrected chi connectivity index (χ1v) is 12.9. The Bertz CT molecular complexity index is 1250. The Labute approximate surface area is 191 Å². The lowest BCUT2D eigenvalue weighted by molar-refractivity contribution is 0.0709. The maximum absolute atomic E-state index is 13.3. The first-order chi connectivity index (χ1) is 15.4. The number of amides is 1. The minimum Gasteiger partial charge on any atom is -0.494 e. The van der Waals surface area contributed by atoms with E-state index < -0.39 is 10.0 Å². The minimum atomic E-state index is -3.41. The molecule has 0 spiro atoms. The van der Waals surface area contributed by atoms with Gasteiger partial charge in [-0.05, 0) is 42.1 Å². The first-order valence-electron chi connectivity index (χ1n) is 10.1. The van der Waals surface area contributed by atoms with Gasteiger partial charge >= 0.3 is 0 Å². The Morgan fingerprint density at radius 3 is 2.75 bits per heavy atom. The van der Waals surface area contributed by atoms with E-state index in [4.69, 9.17) is 4.74 Å². The van der Waals surface area contributed by atoms with Crippen LogP contribution >= 0.6 is 11.3 Å². The van der Waals surface area contributed by atoms with Gasteiger partial charge in [-0.15, -0.1) is 0 Å². The van der Waals surface area contributed by atoms with Crippen molar-refractivity contribution >= 4 is 38.7 Å². The highest BCUT2D eigenvalue weighted by Crippen LogP contribution is 2.38. The second kappa shape index (κ2) is 9.13. The number of benzene rings is 2. The molecule has 0 fully saturated rings. The Hall–Kier alpha value is -3.17. The monoisotopic (exact) mass is 469 g/mol. The number of nitrogens with zero attached hydrogens (tertiary/aromatic N) is 2. The number of anilines is 1. The SMILES string of the molecule is CCOc1ccccc1C1CC(c2cccc(NS(C)(=O)=O)c2)=NN1C(=O)c1ccsc1. The smallest absolute Gasteiger partial charge is 0.275 e. The zero-order valence-electron chi connectivity index (χ0n) is 17.7. The maximum atomic E-state index is 13.3. The third-order valence-electron chi connectivity index (χ3n) is 4.96. The van der Waals surface area contributed by atoms with Crippen molar-refractivity contribution in [2.24, 2.45) is 5.10 Å². The molecular formula is C23H23N3O4S2. The highest BCUT2D eigenvalue weighted by Gasteiger charge is 2.35. The van der Waals surface area contributed by atoms with Gasteiger partial charge in [-0.3, -0.25) is 9.52 Å². The number of thiophene rings is 1. The number of para-hydroxylation sites is 1. The van der Waals surface area contributed by atoms with Crippen molar-refractivity contribution in [1.82, 2.24) is 5.01 Å². The van der Waals surface area contributed by atoms with Crippen LogP contribution in [0.25, 0.3) is 0 Å². The number of hydrogen-bond acceptors (Lipinski definition) is 6. The molecule has 0 aliphatic carbocycles. The molecule has 1 amide bonds. The molecule has 32 heavy (non-hydrogen) atoms. The maximum Gasteiger partial charge on any atom is 0.275 e. The predicted octanol–water partition coefficient (Wildman–Crippen LogP) is 4.51. The number of rotatable bonds is 7. The van der Waals surface area contributed by atoms with Crippen molar-refractivity contribution in [1.29, 1.82) is 0 Å².